The normalized spacial score (nSPS) is 12.8. The SMILES string of the molecule is CC/C=C/C/C=C/C/C=C/C/C=C/C/C=C/CCCCCC(=O)O[C@@H](CO)COC(=O)CCCCCCCCCCCCCCCCC. The lowest BCUT2D eigenvalue weighted by Crippen LogP contribution is -2.28. The van der Waals surface area contributed by atoms with Crippen LogP contribution in [0.2, 0.25) is 0 Å². The van der Waals surface area contributed by atoms with Crippen LogP contribution in [-0.4, -0.2) is 36.4 Å². The van der Waals surface area contributed by atoms with Crippen LogP contribution in [0.15, 0.2) is 60.8 Å². The maximum atomic E-state index is 12.2. The number of hydrogen-bond acceptors (Lipinski definition) is 5. The van der Waals surface area contributed by atoms with Crippen molar-refractivity contribution >= 4 is 11.9 Å². The highest BCUT2D eigenvalue weighted by Crippen LogP contribution is 2.14. The quantitative estimate of drug-likeness (QED) is 0.0413. The van der Waals surface area contributed by atoms with Gasteiger partial charge < -0.3 is 14.6 Å². The summed E-state index contributed by atoms with van der Waals surface area (Å²) in [6, 6.07) is 0. The molecule has 0 bridgehead atoms. The van der Waals surface area contributed by atoms with Gasteiger partial charge in [-0.3, -0.25) is 9.59 Å². The van der Waals surface area contributed by atoms with E-state index in [1.807, 2.05) is 0 Å². The minimum atomic E-state index is -0.788. The third-order valence-electron chi connectivity index (χ3n) is 8.33. The Morgan fingerprint density at radius 3 is 1.35 bits per heavy atom. The van der Waals surface area contributed by atoms with Crippen LogP contribution in [0.25, 0.3) is 0 Å². The van der Waals surface area contributed by atoms with Crippen LogP contribution in [0.1, 0.15) is 181 Å². The minimum absolute atomic E-state index is 0.0795. The highest BCUT2D eigenvalue weighted by molar-refractivity contribution is 5.70. The van der Waals surface area contributed by atoms with Crippen molar-refractivity contribution in [2.24, 2.45) is 0 Å². The fraction of sp³-hybridized carbons (Fsp3) is 0.721. The first-order chi connectivity index (χ1) is 23.6. The van der Waals surface area contributed by atoms with Crippen LogP contribution in [0, 0.1) is 0 Å². The summed E-state index contributed by atoms with van der Waals surface area (Å²) >= 11 is 0. The lowest BCUT2D eigenvalue weighted by molar-refractivity contribution is -0.161. The zero-order valence-electron chi connectivity index (χ0n) is 31.2. The molecule has 1 N–H and O–H groups in total. The first kappa shape index (κ1) is 45.6. The molecule has 0 aromatic rings. The summed E-state index contributed by atoms with van der Waals surface area (Å²) in [5.74, 6) is -0.628. The number of rotatable bonds is 35. The number of carbonyl (C=O) groups excluding carboxylic acids is 2. The molecule has 0 aromatic carbocycles. The molecule has 0 radical (unpaired) electrons. The van der Waals surface area contributed by atoms with Gasteiger partial charge in [0, 0.05) is 12.8 Å². The number of esters is 2. The molecule has 0 saturated heterocycles. The average Bonchev–Trinajstić information content (AvgIpc) is 3.09. The molecule has 0 aromatic heterocycles. The van der Waals surface area contributed by atoms with Crippen LogP contribution in [0.5, 0.6) is 0 Å². The second kappa shape index (κ2) is 39.0. The Kier molecular flexibility index (Phi) is 37.1. The fourth-order valence-corrected chi connectivity index (χ4v) is 5.34. The van der Waals surface area contributed by atoms with Crippen molar-refractivity contribution in [2.45, 2.75) is 187 Å². The number of allylic oxidation sites excluding steroid dienone is 10. The Balaban J connectivity index is 3.64. The molecular formula is C43H74O5. The zero-order valence-corrected chi connectivity index (χ0v) is 31.2. The predicted octanol–water partition coefficient (Wildman–Crippen LogP) is 12.4. The molecule has 0 amide bonds. The van der Waals surface area contributed by atoms with E-state index in [-0.39, 0.29) is 25.2 Å². The fourth-order valence-electron chi connectivity index (χ4n) is 5.34. The second-order valence-corrected chi connectivity index (χ2v) is 13.0. The molecule has 0 rings (SSSR count). The minimum Gasteiger partial charge on any atom is -0.462 e. The van der Waals surface area contributed by atoms with E-state index < -0.39 is 6.10 Å². The van der Waals surface area contributed by atoms with E-state index in [0.29, 0.717) is 12.8 Å². The molecule has 0 fully saturated rings. The number of unbranched alkanes of at least 4 members (excludes halogenated alkanes) is 17. The largest absolute Gasteiger partial charge is 0.462 e. The van der Waals surface area contributed by atoms with Gasteiger partial charge in [0.25, 0.3) is 0 Å². The van der Waals surface area contributed by atoms with E-state index >= 15 is 0 Å². The molecule has 5 nitrogen and oxygen atoms in total. The average molecular weight is 671 g/mol. The van der Waals surface area contributed by atoms with Gasteiger partial charge in [-0.2, -0.15) is 0 Å². The Bertz CT molecular complexity index is 853. The van der Waals surface area contributed by atoms with Crippen LogP contribution in [0.3, 0.4) is 0 Å². The highest BCUT2D eigenvalue weighted by Gasteiger charge is 2.16. The summed E-state index contributed by atoms with van der Waals surface area (Å²) in [5, 5.41) is 9.55. The topological polar surface area (TPSA) is 72.8 Å². The lowest BCUT2D eigenvalue weighted by Gasteiger charge is -2.15. The summed E-state index contributed by atoms with van der Waals surface area (Å²) < 4.78 is 10.6. The first-order valence-corrected chi connectivity index (χ1v) is 19.8. The maximum absolute atomic E-state index is 12.2. The van der Waals surface area contributed by atoms with Crippen molar-refractivity contribution in [2.75, 3.05) is 13.2 Å². The van der Waals surface area contributed by atoms with Crippen molar-refractivity contribution in [3.63, 3.8) is 0 Å². The number of aliphatic hydroxyl groups is 1. The number of hydrogen-bond donors (Lipinski definition) is 1. The van der Waals surface area contributed by atoms with Crippen LogP contribution in [0.4, 0.5) is 0 Å². The smallest absolute Gasteiger partial charge is 0.306 e. The third-order valence-corrected chi connectivity index (χ3v) is 8.33. The molecule has 0 aliphatic rings. The van der Waals surface area contributed by atoms with Gasteiger partial charge in [-0.25, -0.2) is 0 Å². The summed E-state index contributed by atoms with van der Waals surface area (Å²) in [4.78, 5) is 24.2. The molecule has 0 saturated carbocycles. The Hall–Kier alpha value is -2.40. The van der Waals surface area contributed by atoms with Crippen LogP contribution < -0.4 is 0 Å². The molecule has 276 valence electrons. The van der Waals surface area contributed by atoms with E-state index in [2.05, 4.69) is 74.6 Å². The molecule has 0 spiro atoms. The van der Waals surface area contributed by atoms with Gasteiger partial charge in [0.15, 0.2) is 6.10 Å². The Morgan fingerprint density at radius 2 is 0.896 bits per heavy atom. The van der Waals surface area contributed by atoms with Crippen molar-refractivity contribution in [1.29, 1.82) is 0 Å². The summed E-state index contributed by atoms with van der Waals surface area (Å²) in [6.07, 6.45) is 49.9. The molecule has 48 heavy (non-hydrogen) atoms. The van der Waals surface area contributed by atoms with Gasteiger partial charge in [-0.1, -0.05) is 171 Å². The van der Waals surface area contributed by atoms with E-state index in [1.54, 1.807) is 0 Å². The Morgan fingerprint density at radius 1 is 0.500 bits per heavy atom. The van der Waals surface area contributed by atoms with Gasteiger partial charge in [-0.05, 0) is 57.8 Å². The standard InChI is InChI=1S/C43H74O5/c1-3-5-7-9-11-13-15-17-19-20-21-22-24-26-28-30-32-34-36-38-43(46)48-41(39-44)40-47-42(45)37-35-33-31-29-27-25-23-18-16-14-12-10-8-6-4-2/h5,7,11,13,17,19,21-22,26,28,41,44H,3-4,6,8-10,12,14-16,18,20,23-25,27,29-40H2,1-2H3/b7-5+,13-11+,19-17+,22-21+,28-26+/t41-/m0/s1. The van der Waals surface area contributed by atoms with Gasteiger partial charge in [0.05, 0.1) is 6.61 Å². The highest BCUT2D eigenvalue weighted by atomic mass is 16.6. The molecule has 0 heterocycles. The number of ether oxygens (including phenoxy) is 2. The van der Waals surface area contributed by atoms with Gasteiger partial charge in [0.1, 0.15) is 6.61 Å². The summed E-state index contributed by atoms with van der Waals surface area (Å²) in [6.45, 7) is 3.99. The first-order valence-electron chi connectivity index (χ1n) is 19.8. The summed E-state index contributed by atoms with van der Waals surface area (Å²) in [5.41, 5.74) is 0. The number of aliphatic hydroxyl groups excluding tert-OH is 1. The molecule has 0 unspecified atom stereocenters. The van der Waals surface area contributed by atoms with Crippen molar-refractivity contribution in [1.82, 2.24) is 0 Å². The van der Waals surface area contributed by atoms with Gasteiger partial charge in [0.2, 0.25) is 0 Å². The van der Waals surface area contributed by atoms with Crippen LogP contribution >= 0.6 is 0 Å². The lowest BCUT2D eigenvalue weighted by atomic mass is 10.0. The molecule has 0 aliphatic carbocycles. The number of carbonyl (C=O) groups is 2. The van der Waals surface area contributed by atoms with E-state index in [4.69, 9.17) is 9.47 Å². The van der Waals surface area contributed by atoms with E-state index in [0.717, 1.165) is 77.0 Å². The van der Waals surface area contributed by atoms with Gasteiger partial charge in [-0.15, -0.1) is 0 Å². The third kappa shape index (κ3) is 36.4. The van der Waals surface area contributed by atoms with Crippen molar-refractivity contribution in [3.8, 4) is 0 Å². The molecular weight excluding hydrogens is 596 g/mol. The van der Waals surface area contributed by atoms with Crippen LogP contribution in [-0.2, 0) is 19.1 Å². The maximum Gasteiger partial charge on any atom is 0.306 e. The summed E-state index contributed by atoms with van der Waals surface area (Å²) in [7, 11) is 0. The molecule has 1 atom stereocenters. The van der Waals surface area contributed by atoms with E-state index in [9.17, 15) is 14.7 Å². The monoisotopic (exact) mass is 671 g/mol. The van der Waals surface area contributed by atoms with Crippen molar-refractivity contribution in [3.05, 3.63) is 60.8 Å². The van der Waals surface area contributed by atoms with Gasteiger partial charge >= 0.3 is 11.9 Å². The zero-order chi connectivity index (χ0) is 35.0. The Labute approximate surface area is 296 Å². The molecule has 0 aliphatic heterocycles. The second-order valence-electron chi connectivity index (χ2n) is 13.0. The van der Waals surface area contributed by atoms with E-state index in [1.165, 1.54) is 77.0 Å². The van der Waals surface area contributed by atoms with Crippen molar-refractivity contribution < 1.29 is 24.2 Å². The molecule has 5 heteroatoms. The predicted molar refractivity (Wildman–Crippen MR) is 205 cm³/mol.